The number of aromatic nitrogens is 5. The molecule has 6 N–H and O–H groups in total. The highest BCUT2D eigenvalue weighted by molar-refractivity contribution is 5.99. The van der Waals surface area contributed by atoms with E-state index in [-0.39, 0.29) is 5.41 Å². The van der Waals surface area contributed by atoms with Gasteiger partial charge in [-0.05, 0) is 18.2 Å². The molecule has 138 valence electrons. The molecule has 0 fully saturated rings. The highest BCUT2D eigenvalue weighted by Crippen LogP contribution is 2.33. The van der Waals surface area contributed by atoms with Crippen LogP contribution < -0.4 is 16.2 Å². The summed E-state index contributed by atoms with van der Waals surface area (Å²) in [5, 5.41) is 8.87. The summed E-state index contributed by atoms with van der Waals surface area (Å²) >= 11 is 0. The Bertz CT molecular complexity index is 1180. The molecule has 0 radical (unpaired) electrons. The molecule has 1 amide bonds. The highest BCUT2D eigenvalue weighted by Gasteiger charge is 2.22. The lowest BCUT2D eigenvalue weighted by Crippen LogP contribution is -2.17. The molecule has 0 aliphatic carbocycles. The second kappa shape index (κ2) is 5.70. The largest absolute Gasteiger partial charge is 0.410 e. The highest BCUT2D eigenvalue weighted by atomic mass is 16.5. The number of nitrogen functional groups attached to an aromatic ring is 1. The van der Waals surface area contributed by atoms with Crippen molar-refractivity contribution in [3.63, 3.8) is 0 Å². The van der Waals surface area contributed by atoms with Gasteiger partial charge in [-0.2, -0.15) is 5.10 Å². The number of nitrogens with one attached hydrogen (secondary N) is 2. The number of benzene rings is 1. The SMILES string of the molecule is CC(C)(C)c1nc(N)c2c(-c3cc4ccc(OC(N)=O)cc4[nH]3)[nH]nc2n1. The topological polar surface area (TPSA) is 149 Å². The third kappa shape index (κ3) is 2.92. The fourth-order valence-corrected chi connectivity index (χ4v) is 2.90. The quantitative estimate of drug-likeness (QED) is 0.429. The number of carbonyl (C=O) groups is 1. The van der Waals surface area contributed by atoms with Gasteiger partial charge in [-0.25, -0.2) is 14.8 Å². The summed E-state index contributed by atoms with van der Waals surface area (Å²) in [6.07, 6.45) is -0.861. The maximum Gasteiger partial charge on any atom is 0.409 e. The van der Waals surface area contributed by atoms with Crippen LogP contribution in [0, 0.1) is 0 Å². The van der Waals surface area contributed by atoms with Crippen LogP contribution in [-0.2, 0) is 5.41 Å². The molecule has 0 spiro atoms. The van der Waals surface area contributed by atoms with Crippen molar-refractivity contribution in [2.75, 3.05) is 5.73 Å². The Hall–Kier alpha value is -3.62. The second-order valence-corrected chi connectivity index (χ2v) is 7.33. The lowest BCUT2D eigenvalue weighted by atomic mass is 9.95. The van der Waals surface area contributed by atoms with Crippen LogP contribution in [-0.4, -0.2) is 31.2 Å². The number of aromatic amines is 2. The first-order valence-electron chi connectivity index (χ1n) is 8.35. The van der Waals surface area contributed by atoms with E-state index in [9.17, 15) is 4.79 Å². The summed E-state index contributed by atoms with van der Waals surface area (Å²) in [6, 6.07) is 7.12. The lowest BCUT2D eigenvalue weighted by molar-refractivity contribution is 0.211. The van der Waals surface area contributed by atoms with Gasteiger partial charge in [-0.1, -0.05) is 20.8 Å². The van der Waals surface area contributed by atoms with Crippen LogP contribution in [0.15, 0.2) is 24.3 Å². The first-order chi connectivity index (χ1) is 12.7. The third-order valence-corrected chi connectivity index (χ3v) is 4.19. The number of rotatable bonds is 2. The lowest BCUT2D eigenvalue weighted by Gasteiger charge is -2.16. The van der Waals surface area contributed by atoms with Crippen LogP contribution in [0.4, 0.5) is 10.6 Å². The van der Waals surface area contributed by atoms with Crippen molar-refractivity contribution >= 4 is 33.8 Å². The minimum Gasteiger partial charge on any atom is -0.410 e. The van der Waals surface area contributed by atoms with Crippen LogP contribution in [0.2, 0.25) is 0 Å². The Balaban J connectivity index is 1.83. The molecular formula is C18H19N7O2. The van der Waals surface area contributed by atoms with Gasteiger partial charge in [-0.3, -0.25) is 5.10 Å². The van der Waals surface area contributed by atoms with E-state index in [4.69, 9.17) is 16.2 Å². The monoisotopic (exact) mass is 365 g/mol. The molecule has 1 aromatic carbocycles. The second-order valence-electron chi connectivity index (χ2n) is 7.33. The number of H-pyrrole nitrogens is 2. The summed E-state index contributed by atoms with van der Waals surface area (Å²) in [6.45, 7) is 6.06. The normalized spacial score (nSPS) is 12.0. The van der Waals surface area contributed by atoms with Crippen molar-refractivity contribution in [1.82, 2.24) is 25.1 Å². The van der Waals surface area contributed by atoms with E-state index in [1.54, 1.807) is 12.1 Å². The molecule has 0 aliphatic heterocycles. The Labute approximate surface area is 154 Å². The van der Waals surface area contributed by atoms with Gasteiger partial charge in [0.05, 0.1) is 16.8 Å². The van der Waals surface area contributed by atoms with E-state index < -0.39 is 6.09 Å². The zero-order valence-corrected chi connectivity index (χ0v) is 15.1. The summed E-state index contributed by atoms with van der Waals surface area (Å²) < 4.78 is 4.92. The van der Waals surface area contributed by atoms with Crippen molar-refractivity contribution in [3.05, 3.63) is 30.1 Å². The van der Waals surface area contributed by atoms with Gasteiger partial charge in [-0.15, -0.1) is 0 Å². The molecule has 3 aromatic heterocycles. The Morgan fingerprint density at radius 3 is 2.67 bits per heavy atom. The fourth-order valence-electron chi connectivity index (χ4n) is 2.90. The number of fused-ring (bicyclic) bond motifs is 2. The van der Waals surface area contributed by atoms with Crippen molar-refractivity contribution in [3.8, 4) is 17.1 Å². The predicted octanol–water partition coefficient (Wildman–Crippen LogP) is 2.84. The fraction of sp³-hybridized carbons (Fsp3) is 0.222. The number of ether oxygens (including phenoxy) is 1. The molecule has 0 saturated heterocycles. The van der Waals surface area contributed by atoms with Gasteiger partial charge in [0, 0.05) is 22.4 Å². The zero-order valence-electron chi connectivity index (χ0n) is 15.1. The van der Waals surface area contributed by atoms with Crippen LogP contribution in [0.5, 0.6) is 5.75 Å². The number of nitrogens with two attached hydrogens (primary N) is 2. The van der Waals surface area contributed by atoms with E-state index in [1.807, 2.05) is 32.9 Å². The Morgan fingerprint density at radius 2 is 1.96 bits per heavy atom. The molecule has 0 aliphatic rings. The van der Waals surface area contributed by atoms with Gasteiger partial charge in [0.2, 0.25) is 0 Å². The predicted molar refractivity (Wildman–Crippen MR) is 102 cm³/mol. The molecule has 3 heterocycles. The Kier molecular flexibility index (Phi) is 3.55. The van der Waals surface area contributed by atoms with E-state index in [1.165, 1.54) is 0 Å². The van der Waals surface area contributed by atoms with Gasteiger partial charge in [0.15, 0.2) is 5.65 Å². The number of carbonyl (C=O) groups excluding carboxylic acids is 1. The molecule has 0 atom stereocenters. The van der Waals surface area contributed by atoms with E-state index in [0.717, 1.165) is 16.6 Å². The first-order valence-corrected chi connectivity index (χ1v) is 8.35. The van der Waals surface area contributed by atoms with Gasteiger partial charge >= 0.3 is 6.09 Å². The molecule has 0 unspecified atom stereocenters. The van der Waals surface area contributed by atoms with Gasteiger partial charge in [0.25, 0.3) is 0 Å². The van der Waals surface area contributed by atoms with Gasteiger partial charge < -0.3 is 21.2 Å². The standard InChI is InChI=1S/C18H19N7O2/c1-18(2,3)16-22-14(19)12-13(24-25-15(12)23-16)11-6-8-4-5-9(27-17(20)26)7-10(8)21-11/h4-7,21H,1-3H3,(H2,20,26)(H3,19,22,23,24,25). The van der Waals surface area contributed by atoms with Gasteiger partial charge in [0.1, 0.15) is 17.4 Å². The molecule has 27 heavy (non-hydrogen) atoms. The summed E-state index contributed by atoms with van der Waals surface area (Å²) in [4.78, 5) is 23.2. The number of primary amides is 1. The first kappa shape index (κ1) is 16.8. The van der Waals surface area contributed by atoms with Crippen LogP contribution in [0.25, 0.3) is 33.3 Å². The van der Waals surface area contributed by atoms with E-state index in [0.29, 0.717) is 34.1 Å². The van der Waals surface area contributed by atoms with Crippen LogP contribution in [0.1, 0.15) is 26.6 Å². The zero-order chi connectivity index (χ0) is 19.3. The average molecular weight is 365 g/mol. The number of hydrogen-bond donors (Lipinski definition) is 4. The third-order valence-electron chi connectivity index (χ3n) is 4.19. The van der Waals surface area contributed by atoms with Crippen LogP contribution >= 0.6 is 0 Å². The van der Waals surface area contributed by atoms with Crippen molar-refractivity contribution in [2.24, 2.45) is 5.73 Å². The molecule has 4 rings (SSSR count). The minimum absolute atomic E-state index is 0.237. The molecular weight excluding hydrogens is 346 g/mol. The molecule has 4 aromatic rings. The number of hydrogen-bond acceptors (Lipinski definition) is 6. The van der Waals surface area contributed by atoms with E-state index >= 15 is 0 Å². The number of nitrogens with zero attached hydrogens (tertiary/aromatic N) is 3. The van der Waals surface area contributed by atoms with Crippen molar-refractivity contribution in [2.45, 2.75) is 26.2 Å². The molecule has 9 nitrogen and oxygen atoms in total. The maximum atomic E-state index is 10.9. The van der Waals surface area contributed by atoms with E-state index in [2.05, 4.69) is 25.1 Å². The Morgan fingerprint density at radius 1 is 1.19 bits per heavy atom. The van der Waals surface area contributed by atoms with Crippen LogP contribution in [0.3, 0.4) is 0 Å². The molecule has 9 heteroatoms. The number of amides is 1. The van der Waals surface area contributed by atoms with Crippen molar-refractivity contribution < 1.29 is 9.53 Å². The molecule has 0 bridgehead atoms. The summed E-state index contributed by atoms with van der Waals surface area (Å²) in [7, 11) is 0. The minimum atomic E-state index is -0.861. The summed E-state index contributed by atoms with van der Waals surface area (Å²) in [5.41, 5.74) is 13.8. The summed E-state index contributed by atoms with van der Waals surface area (Å²) in [5.74, 6) is 1.36. The van der Waals surface area contributed by atoms with Crippen molar-refractivity contribution in [1.29, 1.82) is 0 Å². The maximum absolute atomic E-state index is 10.9. The number of anilines is 1. The smallest absolute Gasteiger partial charge is 0.409 e. The molecule has 0 saturated carbocycles. The average Bonchev–Trinajstić information content (AvgIpc) is 3.16.